The quantitative estimate of drug-likeness (QED) is 0.534. The van der Waals surface area contributed by atoms with Gasteiger partial charge in [0.1, 0.15) is 5.75 Å². The van der Waals surface area contributed by atoms with Crippen LogP contribution in [0, 0.1) is 5.92 Å². The molecule has 1 aromatic carbocycles. The van der Waals surface area contributed by atoms with Crippen LogP contribution >= 0.6 is 11.0 Å². The van der Waals surface area contributed by atoms with Gasteiger partial charge in [-0.1, -0.05) is 19.9 Å². The molecule has 2 aliphatic rings. The van der Waals surface area contributed by atoms with Crippen LogP contribution in [0.2, 0.25) is 0 Å². The second-order valence-electron chi connectivity index (χ2n) is 8.47. The minimum Gasteiger partial charge on any atom is -0.492 e. The van der Waals surface area contributed by atoms with Crippen molar-refractivity contribution in [3.8, 4) is 5.75 Å². The number of amides is 1. The van der Waals surface area contributed by atoms with Crippen molar-refractivity contribution in [2.45, 2.75) is 32.6 Å². The summed E-state index contributed by atoms with van der Waals surface area (Å²) in [6.45, 7) is 5.86. The molecule has 10 heteroatoms. The highest BCUT2D eigenvalue weighted by Crippen LogP contribution is 2.46. The number of nitrogens with two attached hydrogens (primary N) is 1. The summed E-state index contributed by atoms with van der Waals surface area (Å²) in [6, 6.07) is 8.86. The number of aromatic nitrogens is 1. The minimum absolute atomic E-state index is 0.0156. The fourth-order valence-electron chi connectivity index (χ4n) is 4.03. The van der Waals surface area contributed by atoms with Gasteiger partial charge in [-0.2, -0.15) is 0 Å². The molecule has 5 N–H and O–H groups in total. The number of fused-ring (bicyclic) bond motifs is 1. The number of benzene rings is 1. The average Bonchev–Trinajstić information content (AvgIpc) is 2.76. The molecule has 4 rings (SSSR count). The van der Waals surface area contributed by atoms with Crippen LogP contribution in [0.4, 0.5) is 5.69 Å². The predicted molar refractivity (Wildman–Crippen MR) is 126 cm³/mol. The summed E-state index contributed by atoms with van der Waals surface area (Å²) < 4.78 is 32.0. The van der Waals surface area contributed by atoms with E-state index in [1.165, 1.54) is 0 Å². The number of hydrogen-bond acceptors (Lipinski definition) is 8. The summed E-state index contributed by atoms with van der Waals surface area (Å²) in [5.41, 5.74) is 8.52. The molecule has 0 saturated carbocycles. The number of hydrogen-bond donors (Lipinski definition) is 4. The Bertz CT molecular complexity index is 1040. The summed E-state index contributed by atoms with van der Waals surface area (Å²) >= 11 is 0. The number of anilines is 1. The lowest BCUT2D eigenvalue weighted by Crippen LogP contribution is -2.41. The van der Waals surface area contributed by atoms with Crippen molar-refractivity contribution < 1.29 is 18.6 Å². The van der Waals surface area contributed by atoms with Gasteiger partial charge < -0.3 is 15.4 Å². The topological polar surface area (TPSA) is 133 Å². The molecule has 1 aromatic heterocycles. The van der Waals surface area contributed by atoms with E-state index in [4.69, 9.17) is 10.5 Å². The van der Waals surface area contributed by atoms with Crippen molar-refractivity contribution in [3.63, 3.8) is 0 Å². The Kier molecular flexibility index (Phi) is 6.27. The van der Waals surface area contributed by atoms with E-state index in [2.05, 4.69) is 28.0 Å². The summed E-state index contributed by atoms with van der Waals surface area (Å²) in [6.07, 6.45) is 3.55. The van der Waals surface area contributed by atoms with Crippen molar-refractivity contribution in [3.05, 3.63) is 53.3 Å². The van der Waals surface area contributed by atoms with Crippen LogP contribution in [0.15, 0.2) is 40.9 Å². The Morgan fingerprint density at radius 1 is 1.38 bits per heavy atom. The highest BCUT2D eigenvalue weighted by Gasteiger charge is 2.28. The van der Waals surface area contributed by atoms with Crippen molar-refractivity contribution in [1.82, 2.24) is 9.88 Å². The first-order valence-corrected chi connectivity index (χ1v) is 12.2. The van der Waals surface area contributed by atoms with Crippen LogP contribution in [-0.4, -0.2) is 50.4 Å². The van der Waals surface area contributed by atoms with Gasteiger partial charge in [0.25, 0.3) is 5.91 Å². The standard InChI is InChI=1S/C22H29N5O4S/c1-14(2)18-11-16(8-9-24-18)22(28)27-10-4-5-15(12-27)13-31-19-7-3-6-17-20(19)21(23)26-32(29,30)25-17/h3,6-9,11,14-15,25,29-30H,4-5,10,12-13H2,1-2H3,(H2,23,26)/t15-/m0/s1. The second kappa shape index (κ2) is 8.97. The van der Waals surface area contributed by atoms with Crippen LogP contribution in [-0.2, 0) is 0 Å². The molecule has 0 bridgehead atoms. The van der Waals surface area contributed by atoms with E-state index in [0.29, 0.717) is 35.7 Å². The van der Waals surface area contributed by atoms with E-state index in [-0.39, 0.29) is 23.6 Å². The normalized spacial score (nSPS) is 20.7. The fourth-order valence-corrected chi connectivity index (χ4v) is 4.90. The molecule has 0 unspecified atom stereocenters. The monoisotopic (exact) mass is 459 g/mol. The van der Waals surface area contributed by atoms with Crippen molar-refractivity contribution in [2.24, 2.45) is 16.0 Å². The Morgan fingerprint density at radius 2 is 2.19 bits per heavy atom. The first-order chi connectivity index (χ1) is 15.2. The molecular formula is C22H29N5O4S. The van der Waals surface area contributed by atoms with Gasteiger partial charge >= 0.3 is 0 Å². The summed E-state index contributed by atoms with van der Waals surface area (Å²) in [5, 5.41) is 0. The lowest BCUT2D eigenvalue weighted by molar-refractivity contribution is 0.0633. The highest BCUT2D eigenvalue weighted by molar-refractivity contribution is 8.24. The zero-order valence-electron chi connectivity index (χ0n) is 18.2. The van der Waals surface area contributed by atoms with Gasteiger partial charge in [0, 0.05) is 36.5 Å². The van der Waals surface area contributed by atoms with Crippen molar-refractivity contribution in [2.75, 3.05) is 24.4 Å². The SMILES string of the molecule is CC(C)c1cc(C(=O)N2CCC[C@H](COc3cccc4c3C(N)=NS(O)(O)N4)C2)ccn1. The lowest BCUT2D eigenvalue weighted by atomic mass is 9.98. The predicted octanol–water partition coefficient (Wildman–Crippen LogP) is 3.85. The molecule has 0 aliphatic carbocycles. The van der Waals surface area contributed by atoms with E-state index in [9.17, 15) is 13.9 Å². The largest absolute Gasteiger partial charge is 0.492 e. The molecule has 1 saturated heterocycles. The van der Waals surface area contributed by atoms with Crippen molar-refractivity contribution in [1.29, 1.82) is 0 Å². The van der Waals surface area contributed by atoms with Gasteiger partial charge in [0.2, 0.25) is 0 Å². The van der Waals surface area contributed by atoms with E-state index < -0.39 is 11.0 Å². The minimum atomic E-state index is -3.34. The van der Waals surface area contributed by atoms with Crippen LogP contribution in [0.1, 0.15) is 54.2 Å². The number of nitrogens with one attached hydrogen (secondary N) is 1. The second-order valence-corrected chi connectivity index (χ2v) is 9.89. The highest BCUT2D eigenvalue weighted by atomic mass is 32.3. The number of piperidine rings is 1. The van der Waals surface area contributed by atoms with Crippen LogP contribution < -0.4 is 15.2 Å². The fraction of sp³-hybridized carbons (Fsp3) is 0.409. The smallest absolute Gasteiger partial charge is 0.253 e. The van der Waals surface area contributed by atoms with Crippen LogP contribution in [0.3, 0.4) is 0 Å². The maximum Gasteiger partial charge on any atom is 0.253 e. The molecule has 2 aliphatic heterocycles. The first-order valence-electron chi connectivity index (χ1n) is 10.7. The first kappa shape index (κ1) is 22.4. The van der Waals surface area contributed by atoms with Gasteiger partial charge in [-0.15, -0.1) is 4.40 Å². The third-order valence-corrected chi connectivity index (χ3v) is 6.60. The molecular weight excluding hydrogens is 430 g/mol. The van der Waals surface area contributed by atoms with Crippen molar-refractivity contribution >= 4 is 28.4 Å². The number of likely N-dealkylation sites (tertiary alicyclic amines) is 1. The molecule has 0 spiro atoms. The Morgan fingerprint density at radius 3 is 2.97 bits per heavy atom. The van der Waals surface area contributed by atoms with Crippen LogP contribution in [0.25, 0.3) is 0 Å². The number of carbonyl (C=O) groups is 1. The number of carbonyl (C=O) groups excluding carboxylic acids is 1. The number of amidine groups is 1. The molecule has 1 atom stereocenters. The summed E-state index contributed by atoms with van der Waals surface area (Å²) in [5.74, 6) is 0.988. The summed E-state index contributed by atoms with van der Waals surface area (Å²) in [4.78, 5) is 19.3. The third-order valence-electron chi connectivity index (χ3n) is 5.66. The van der Waals surface area contributed by atoms with Gasteiger partial charge in [-0.05, 0) is 54.0 Å². The molecule has 172 valence electrons. The van der Waals surface area contributed by atoms with Gasteiger partial charge in [-0.3, -0.25) is 23.6 Å². The third kappa shape index (κ3) is 4.82. The van der Waals surface area contributed by atoms with E-state index >= 15 is 0 Å². The Hall–Kier alpha value is -2.82. The average molecular weight is 460 g/mol. The lowest BCUT2D eigenvalue weighted by Gasteiger charge is -2.34. The van der Waals surface area contributed by atoms with Crippen LogP contribution in [0.5, 0.6) is 5.75 Å². The maximum atomic E-state index is 13.1. The molecule has 32 heavy (non-hydrogen) atoms. The van der Waals surface area contributed by atoms with E-state index in [1.54, 1.807) is 30.5 Å². The molecule has 3 heterocycles. The maximum absolute atomic E-state index is 13.1. The number of rotatable bonds is 5. The van der Waals surface area contributed by atoms with Gasteiger partial charge in [0.15, 0.2) is 5.84 Å². The number of nitrogens with zero attached hydrogens (tertiary/aromatic N) is 3. The van der Waals surface area contributed by atoms with Gasteiger partial charge in [-0.25, -0.2) is 0 Å². The Balaban J connectivity index is 1.43. The van der Waals surface area contributed by atoms with Gasteiger partial charge in [0.05, 0.1) is 17.9 Å². The summed E-state index contributed by atoms with van der Waals surface area (Å²) in [7, 11) is -3.34. The molecule has 9 nitrogen and oxygen atoms in total. The molecule has 0 radical (unpaired) electrons. The molecule has 1 fully saturated rings. The van der Waals surface area contributed by atoms with E-state index in [0.717, 1.165) is 25.1 Å². The zero-order chi connectivity index (χ0) is 22.9. The molecule has 2 aromatic rings. The van der Waals surface area contributed by atoms with E-state index in [1.807, 2.05) is 11.0 Å². The Labute approximate surface area is 189 Å². The number of pyridine rings is 1. The zero-order valence-corrected chi connectivity index (χ0v) is 19.0. The molecule has 1 amide bonds. The number of ether oxygens (including phenoxy) is 1.